The second-order valence-corrected chi connectivity index (χ2v) is 5.81. The summed E-state index contributed by atoms with van der Waals surface area (Å²) in [6, 6.07) is 5.69. The molecule has 1 amide bonds. The van der Waals surface area contributed by atoms with Gasteiger partial charge in [-0.05, 0) is 54.2 Å². The summed E-state index contributed by atoms with van der Waals surface area (Å²) in [6.07, 6.45) is 2.07. The number of aryl methyl sites for hydroxylation is 1. The lowest BCUT2D eigenvalue weighted by molar-refractivity contribution is 0.0206. The number of amides is 1. The zero-order valence-corrected chi connectivity index (χ0v) is 12.3. The monoisotopic (exact) mass is 311 g/mol. The van der Waals surface area contributed by atoms with Crippen LogP contribution >= 0.6 is 15.9 Å². The molecule has 1 N–H and O–H groups in total. The van der Waals surface area contributed by atoms with Crippen molar-refractivity contribution >= 4 is 21.8 Å². The number of carbonyl (C=O) groups excluding carboxylic acids is 1. The van der Waals surface area contributed by atoms with Crippen LogP contribution in [0.5, 0.6) is 0 Å². The van der Waals surface area contributed by atoms with E-state index < -0.39 is 0 Å². The molecule has 3 nitrogen and oxygen atoms in total. The van der Waals surface area contributed by atoms with Crippen LogP contribution in [0.4, 0.5) is 0 Å². The van der Waals surface area contributed by atoms with Crippen molar-refractivity contribution in [2.75, 3.05) is 13.2 Å². The molecule has 1 aliphatic heterocycles. The number of ether oxygens (including phenoxy) is 1. The van der Waals surface area contributed by atoms with E-state index in [1.807, 2.05) is 32.0 Å². The normalized spacial score (nSPS) is 23.1. The highest BCUT2D eigenvalue weighted by Gasteiger charge is 2.30. The van der Waals surface area contributed by atoms with Gasteiger partial charge in [-0.25, -0.2) is 0 Å². The molecule has 1 aromatic carbocycles. The number of rotatable bonds is 3. The molecule has 0 aromatic heterocycles. The van der Waals surface area contributed by atoms with Crippen molar-refractivity contribution in [2.45, 2.75) is 32.3 Å². The van der Waals surface area contributed by atoms with Crippen LogP contribution in [0.25, 0.3) is 0 Å². The highest BCUT2D eigenvalue weighted by molar-refractivity contribution is 9.10. The summed E-state index contributed by atoms with van der Waals surface area (Å²) < 4.78 is 6.52. The van der Waals surface area contributed by atoms with E-state index in [2.05, 4.69) is 21.2 Å². The van der Waals surface area contributed by atoms with Crippen molar-refractivity contribution in [1.82, 2.24) is 5.32 Å². The van der Waals surface area contributed by atoms with E-state index in [1.54, 1.807) is 0 Å². The lowest BCUT2D eigenvalue weighted by Crippen LogP contribution is -2.40. The highest BCUT2D eigenvalue weighted by atomic mass is 79.9. The minimum atomic E-state index is -0.202. The van der Waals surface area contributed by atoms with Crippen LogP contribution < -0.4 is 5.32 Å². The maximum atomic E-state index is 12.1. The maximum absolute atomic E-state index is 12.1. The van der Waals surface area contributed by atoms with Crippen molar-refractivity contribution in [1.29, 1.82) is 0 Å². The number of hydrogen-bond acceptors (Lipinski definition) is 2. The second-order valence-electron chi connectivity index (χ2n) is 5.02. The van der Waals surface area contributed by atoms with Crippen molar-refractivity contribution in [2.24, 2.45) is 0 Å². The third-order valence-electron chi connectivity index (χ3n) is 3.36. The molecule has 1 heterocycles. The van der Waals surface area contributed by atoms with Gasteiger partial charge in [0.25, 0.3) is 5.91 Å². The molecule has 18 heavy (non-hydrogen) atoms. The zero-order chi connectivity index (χ0) is 13.2. The molecule has 0 saturated carbocycles. The minimum absolute atomic E-state index is 0.0534. The molecule has 1 saturated heterocycles. The summed E-state index contributed by atoms with van der Waals surface area (Å²) in [4.78, 5) is 12.1. The Labute approximate surface area is 116 Å². The molecule has 1 aromatic rings. The van der Waals surface area contributed by atoms with Crippen LogP contribution in [0.1, 0.15) is 35.7 Å². The molecule has 2 rings (SSSR count). The average Bonchev–Trinajstić information content (AvgIpc) is 2.77. The van der Waals surface area contributed by atoms with E-state index in [9.17, 15) is 4.79 Å². The number of carbonyl (C=O) groups is 1. The highest BCUT2D eigenvalue weighted by Crippen LogP contribution is 2.25. The number of benzene rings is 1. The van der Waals surface area contributed by atoms with Gasteiger partial charge in [0.1, 0.15) is 0 Å². The van der Waals surface area contributed by atoms with Crippen molar-refractivity contribution < 1.29 is 9.53 Å². The Bertz CT molecular complexity index is 453. The molecular formula is C14H18BrNO2. The van der Waals surface area contributed by atoms with Gasteiger partial charge in [-0.1, -0.05) is 12.1 Å². The van der Waals surface area contributed by atoms with Crippen LogP contribution in [0.15, 0.2) is 22.7 Å². The minimum Gasteiger partial charge on any atom is -0.373 e. The fourth-order valence-corrected chi connectivity index (χ4v) is 2.61. The smallest absolute Gasteiger partial charge is 0.252 e. The summed E-state index contributed by atoms with van der Waals surface area (Å²) in [5.74, 6) is -0.0534. The topological polar surface area (TPSA) is 38.3 Å². The lowest BCUT2D eigenvalue weighted by atomic mass is 10.0. The fourth-order valence-electron chi connectivity index (χ4n) is 2.16. The van der Waals surface area contributed by atoms with E-state index in [4.69, 9.17) is 4.74 Å². The van der Waals surface area contributed by atoms with E-state index in [1.165, 1.54) is 0 Å². The van der Waals surface area contributed by atoms with E-state index in [0.29, 0.717) is 12.1 Å². The summed E-state index contributed by atoms with van der Waals surface area (Å²) in [5.41, 5.74) is 1.54. The van der Waals surface area contributed by atoms with Crippen LogP contribution in [0.3, 0.4) is 0 Å². The Morgan fingerprint density at radius 2 is 2.33 bits per heavy atom. The molecule has 0 bridgehead atoms. The van der Waals surface area contributed by atoms with Gasteiger partial charge in [0.15, 0.2) is 0 Å². The van der Waals surface area contributed by atoms with Gasteiger partial charge in [0.05, 0.1) is 11.2 Å². The Morgan fingerprint density at radius 3 is 3.00 bits per heavy atom. The second kappa shape index (κ2) is 5.41. The number of hydrogen-bond donors (Lipinski definition) is 1. The Balaban J connectivity index is 2.01. The molecule has 0 aliphatic carbocycles. The first-order valence-electron chi connectivity index (χ1n) is 6.19. The van der Waals surface area contributed by atoms with Crippen LogP contribution in [0, 0.1) is 6.92 Å². The molecule has 0 radical (unpaired) electrons. The first kappa shape index (κ1) is 13.6. The average molecular weight is 312 g/mol. The summed E-state index contributed by atoms with van der Waals surface area (Å²) in [7, 11) is 0. The van der Waals surface area contributed by atoms with Crippen LogP contribution in [0.2, 0.25) is 0 Å². The summed E-state index contributed by atoms with van der Waals surface area (Å²) >= 11 is 3.46. The predicted molar refractivity (Wildman–Crippen MR) is 74.8 cm³/mol. The van der Waals surface area contributed by atoms with Gasteiger partial charge in [-0.15, -0.1) is 0 Å². The fraction of sp³-hybridized carbons (Fsp3) is 0.500. The van der Waals surface area contributed by atoms with Gasteiger partial charge in [-0.3, -0.25) is 4.79 Å². The molecule has 1 aliphatic rings. The van der Waals surface area contributed by atoms with Gasteiger partial charge < -0.3 is 10.1 Å². The quantitative estimate of drug-likeness (QED) is 0.931. The van der Waals surface area contributed by atoms with Gasteiger partial charge in [0.2, 0.25) is 0 Å². The first-order valence-corrected chi connectivity index (χ1v) is 6.98. The van der Waals surface area contributed by atoms with E-state index >= 15 is 0 Å². The molecule has 1 fully saturated rings. The molecule has 1 atom stereocenters. The van der Waals surface area contributed by atoms with Crippen molar-refractivity contribution in [3.05, 3.63) is 33.8 Å². The standard InChI is InChI=1S/C14H18BrNO2/c1-10-5-3-6-11(12(10)15)13(17)16-9-14(2)7-4-8-18-14/h3,5-6H,4,7-9H2,1-2H3,(H,16,17). The van der Waals surface area contributed by atoms with Crippen LogP contribution in [-0.4, -0.2) is 24.7 Å². The summed E-state index contributed by atoms with van der Waals surface area (Å²) in [6.45, 7) is 5.38. The van der Waals surface area contributed by atoms with Crippen molar-refractivity contribution in [3.8, 4) is 0 Å². The third kappa shape index (κ3) is 2.93. The van der Waals surface area contributed by atoms with E-state index in [0.717, 1.165) is 29.5 Å². The molecule has 0 spiro atoms. The predicted octanol–water partition coefficient (Wildman–Crippen LogP) is 3.06. The van der Waals surface area contributed by atoms with Gasteiger partial charge in [-0.2, -0.15) is 0 Å². The van der Waals surface area contributed by atoms with E-state index in [-0.39, 0.29) is 11.5 Å². The van der Waals surface area contributed by atoms with Crippen molar-refractivity contribution in [3.63, 3.8) is 0 Å². The molecule has 1 unspecified atom stereocenters. The molecular weight excluding hydrogens is 294 g/mol. The lowest BCUT2D eigenvalue weighted by Gasteiger charge is -2.23. The van der Waals surface area contributed by atoms with Crippen LogP contribution in [-0.2, 0) is 4.74 Å². The van der Waals surface area contributed by atoms with Gasteiger partial charge >= 0.3 is 0 Å². The largest absolute Gasteiger partial charge is 0.373 e. The first-order chi connectivity index (χ1) is 8.52. The Morgan fingerprint density at radius 1 is 1.56 bits per heavy atom. The summed E-state index contributed by atoms with van der Waals surface area (Å²) in [5, 5.41) is 2.96. The Hall–Kier alpha value is -0.870. The number of nitrogens with one attached hydrogen (secondary N) is 1. The SMILES string of the molecule is Cc1cccc(C(=O)NCC2(C)CCCO2)c1Br. The molecule has 4 heteroatoms. The zero-order valence-electron chi connectivity index (χ0n) is 10.8. The molecule has 98 valence electrons. The third-order valence-corrected chi connectivity index (χ3v) is 4.41. The number of halogens is 1. The Kier molecular flexibility index (Phi) is 4.07. The maximum Gasteiger partial charge on any atom is 0.252 e. The van der Waals surface area contributed by atoms with Gasteiger partial charge in [0, 0.05) is 17.6 Å².